The summed E-state index contributed by atoms with van der Waals surface area (Å²) in [6, 6.07) is 10.00. The lowest BCUT2D eigenvalue weighted by atomic mass is 10.1. The number of benzene rings is 1. The number of carbonyl (C=O) groups is 3. The first-order valence-corrected chi connectivity index (χ1v) is 11.4. The van der Waals surface area contributed by atoms with Gasteiger partial charge in [-0.2, -0.15) is 0 Å². The van der Waals surface area contributed by atoms with Crippen molar-refractivity contribution in [3.63, 3.8) is 0 Å². The molecule has 1 atom stereocenters. The zero-order valence-electron chi connectivity index (χ0n) is 17.6. The van der Waals surface area contributed by atoms with Crippen LogP contribution in [0.15, 0.2) is 48.8 Å². The van der Waals surface area contributed by atoms with E-state index in [-0.39, 0.29) is 31.4 Å². The Morgan fingerprint density at radius 3 is 2.88 bits per heavy atom. The van der Waals surface area contributed by atoms with Gasteiger partial charge < -0.3 is 19.5 Å². The first-order valence-electron chi connectivity index (χ1n) is 10.2. The van der Waals surface area contributed by atoms with Crippen molar-refractivity contribution in [3.05, 3.63) is 64.4 Å². The van der Waals surface area contributed by atoms with Gasteiger partial charge in [-0.3, -0.25) is 14.6 Å². The molecular weight excluding hydrogens is 464 g/mol. The smallest absolute Gasteiger partial charge is 0.330 e. The van der Waals surface area contributed by atoms with E-state index in [4.69, 9.17) is 16.3 Å². The van der Waals surface area contributed by atoms with Gasteiger partial charge in [0.15, 0.2) is 0 Å². The molecule has 1 unspecified atom stereocenters. The molecule has 4 aromatic rings. The summed E-state index contributed by atoms with van der Waals surface area (Å²) in [4.78, 5) is 49.5. The summed E-state index contributed by atoms with van der Waals surface area (Å²) in [6.45, 7) is 0.112. The van der Waals surface area contributed by atoms with Crippen LogP contribution in [-0.4, -0.2) is 63.8 Å². The first-order chi connectivity index (χ1) is 15.9. The number of hydrogen-bond donors (Lipinski definition) is 1. The van der Waals surface area contributed by atoms with Gasteiger partial charge in [0.2, 0.25) is 5.91 Å². The van der Waals surface area contributed by atoms with Gasteiger partial charge in [0.25, 0.3) is 5.91 Å². The highest BCUT2D eigenvalue weighted by Gasteiger charge is 2.40. The highest BCUT2D eigenvalue weighted by Crippen LogP contribution is 2.30. The zero-order valence-corrected chi connectivity index (χ0v) is 19.2. The number of nitrogens with one attached hydrogen (secondary N) is 1. The number of hydrogen-bond acceptors (Lipinski definition) is 6. The summed E-state index contributed by atoms with van der Waals surface area (Å²) in [6.07, 6.45) is 3.43. The highest BCUT2D eigenvalue weighted by atomic mass is 35.5. The lowest BCUT2D eigenvalue weighted by Crippen LogP contribution is -2.60. The van der Waals surface area contributed by atoms with Gasteiger partial charge in [0.05, 0.1) is 25.1 Å². The number of nitrogens with zero attached hydrogens (tertiary/aromatic N) is 3. The molecule has 168 valence electrons. The van der Waals surface area contributed by atoms with Crippen molar-refractivity contribution in [2.45, 2.75) is 12.6 Å². The molecule has 0 aliphatic carbocycles. The lowest BCUT2D eigenvalue weighted by Gasteiger charge is -2.39. The highest BCUT2D eigenvalue weighted by molar-refractivity contribution is 7.20. The fourth-order valence-corrected chi connectivity index (χ4v) is 5.34. The van der Waals surface area contributed by atoms with Crippen LogP contribution in [0.5, 0.6) is 0 Å². The van der Waals surface area contributed by atoms with Gasteiger partial charge in [-0.05, 0) is 35.7 Å². The number of carbonyl (C=O) groups excluding carboxylic acids is 3. The minimum atomic E-state index is -0.903. The average Bonchev–Trinajstić information content (AvgIpc) is 3.42. The largest absolute Gasteiger partial charge is 0.467 e. The molecule has 5 rings (SSSR count). The van der Waals surface area contributed by atoms with Crippen molar-refractivity contribution < 1.29 is 19.1 Å². The van der Waals surface area contributed by atoms with Crippen LogP contribution in [0.4, 0.5) is 0 Å². The number of amides is 2. The van der Waals surface area contributed by atoms with Crippen LogP contribution in [0.1, 0.15) is 15.4 Å². The van der Waals surface area contributed by atoms with E-state index in [1.54, 1.807) is 35.5 Å². The fourth-order valence-electron chi connectivity index (χ4n) is 4.04. The normalized spacial score (nSPS) is 16.5. The van der Waals surface area contributed by atoms with Crippen LogP contribution < -0.4 is 0 Å². The van der Waals surface area contributed by atoms with Crippen molar-refractivity contribution >= 4 is 61.7 Å². The third kappa shape index (κ3) is 4.05. The molecule has 10 heteroatoms. The molecule has 2 amide bonds. The number of halogens is 1. The molecule has 0 spiro atoms. The Bertz CT molecular complexity index is 1360. The maximum absolute atomic E-state index is 13.3. The van der Waals surface area contributed by atoms with Gasteiger partial charge in [-0.25, -0.2) is 4.79 Å². The number of pyridine rings is 1. The standard InChI is InChI=1S/C23H19ClN4O4S/c1-32-23(31)18-11-27(10-16-6-14-9-25-5-4-17(14)26-16)21(29)12-28(18)22(30)20-7-13-2-3-15(24)8-19(13)33-20/h2-9,18,26H,10-12H2,1H3. The second-order valence-electron chi connectivity index (χ2n) is 7.80. The van der Waals surface area contributed by atoms with Crippen LogP contribution in [0.2, 0.25) is 5.02 Å². The number of ether oxygens (including phenoxy) is 1. The predicted octanol–water partition coefficient (Wildman–Crippen LogP) is 3.46. The monoisotopic (exact) mass is 482 g/mol. The molecule has 1 N–H and O–H groups in total. The summed E-state index contributed by atoms with van der Waals surface area (Å²) in [7, 11) is 1.28. The van der Waals surface area contributed by atoms with Crippen molar-refractivity contribution in [1.29, 1.82) is 0 Å². The Labute approximate surface area is 197 Å². The minimum Gasteiger partial charge on any atom is -0.467 e. The van der Waals surface area contributed by atoms with Crippen LogP contribution >= 0.6 is 22.9 Å². The van der Waals surface area contributed by atoms with Gasteiger partial charge in [-0.15, -0.1) is 11.3 Å². The Balaban J connectivity index is 1.40. The predicted molar refractivity (Wildman–Crippen MR) is 125 cm³/mol. The molecule has 0 radical (unpaired) electrons. The summed E-state index contributed by atoms with van der Waals surface area (Å²) in [5.41, 5.74) is 1.73. The van der Waals surface area contributed by atoms with E-state index in [9.17, 15) is 14.4 Å². The number of piperazine rings is 1. The molecule has 3 aromatic heterocycles. The van der Waals surface area contributed by atoms with E-state index >= 15 is 0 Å². The number of thiophene rings is 1. The van der Waals surface area contributed by atoms with E-state index < -0.39 is 12.0 Å². The summed E-state index contributed by atoms with van der Waals surface area (Å²) < 4.78 is 5.82. The number of aromatic amines is 1. The molecule has 33 heavy (non-hydrogen) atoms. The number of aromatic nitrogens is 2. The molecule has 0 saturated carbocycles. The van der Waals surface area contributed by atoms with Crippen molar-refractivity contribution in [2.75, 3.05) is 20.2 Å². The van der Waals surface area contributed by atoms with Crippen LogP contribution in [0, 0.1) is 0 Å². The number of H-pyrrole nitrogens is 1. The average molecular weight is 483 g/mol. The Kier molecular flexibility index (Phi) is 5.51. The summed E-state index contributed by atoms with van der Waals surface area (Å²) >= 11 is 7.34. The van der Waals surface area contributed by atoms with Crippen LogP contribution in [0.25, 0.3) is 21.0 Å². The van der Waals surface area contributed by atoms with Crippen molar-refractivity contribution in [3.8, 4) is 0 Å². The Hall–Kier alpha value is -3.43. The van der Waals surface area contributed by atoms with Gasteiger partial charge >= 0.3 is 5.97 Å². The molecule has 1 aliphatic heterocycles. The summed E-state index contributed by atoms with van der Waals surface area (Å²) in [5.74, 6) is -1.19. The SMILES string of the molecule is COC(=O)C1CN(Cc2cc3cnccc3[nH]2)C(=O)CN1C(=O)c1cc2ccc(Cl)cc2s1. The second-order valence-corrected chi connectivity index (χ2v) is 9.32. The Morgan fingerprint density at radius 2 is 2.09 bits per heavy atom. The van der Waals surface area contributed by atoms with Gasteiger partial charge in [0.1, 0.15) is 12.6 Å². The lowest BCUT2D eigenvalue weighted by molar-refractivity contribution is -0.153. The van der Waals surface area contributed by atoms with E-state index in [0.717, 1.165) is 26.7 Å². The second kappa shape index (κ2) is 8.49. The van der Waals surface area contributed by atoms with Crippen LogP contribution in [0.3, 0.4) is 0 Å². The maximum Gasteiger partial charge on any atom is 0.330 e. The number of rotatable bonds is 4. The molecule has 4 heterocycles. The minimum absolute atomic E-state index is 0.0432. The molecule has 1 saturated heterocycles. The van der Waals surface area contributed by atoms with E-state index in [0.29, 0.717) is 9.90 Å². The van der Waals surface area contributed by atoms with Crippen molar-refractivity contribution in [2.24, 2.45) is 0 Å². The summed E-state index contributed by atoms with van der Waals surface area (Å²) in [5, 5.41) is 2.39. The number of esters is 1. The third-order valence-corrected chi connectivity index (χ3v) is 7.01. The zero-order chi connectivity index (χ0) is 23.1. The molecule has 1 aliphatic rings. The van der Waals surface area contributed by atoms with Crippen molar-refractivity contribution in [1.82, 2.24) is 19.8 Å². The molecule has 8 nitrogen and oxygen atoms in total. The molecular formula is C23H19ClN4O4S. The maximum atomic E-state index is 13.3. The van der Waals surface area contributed by atoms with Gasteiger partial charge in [-0.1, -0.05) is 17.7 Å². The van der Waals surface area contributed by atoms with E-state index in [1.807, 2.05) is 18.2 Å². The van der Waals surface area contributed by atoms with Gasteiger partial charge in [0, 0.05) is 38.7 Å². The molecule has 1 fully saturated rings. The topological polar surface area (TPSA) is 95.6 Å². The third-order valence-electron chi connectivity index (χ3n) is 5.69. The molecule has 1 aromatic carbocycles. The fraction of sp³-hybridized carbons (Fsp3) is 0.217. The number of fused-ring (bicyclic) bond motifs is 2. The Morgan fingerprint density at radius 1 is 1.24 bits per heavy atom. The molecule has 0 bridgehead atoms. The quantitative estimate of drug-likeness (QED) is 0.449. The van der Waals surface area contributed by atoms with Crippen LogP contribution in [-0.2, 0) is 20.9 Å². The first kappa shape index (κ1) is 21.4. The number of methoxy groups -OCH3 is 1. The van der Waals surface area contributed by atoms with E-state index in [2.05, 4.69) is 9.97 Å². The van der Waals surface area contributed by atoms with E-state index in [1.165, 1.54) is 23.3 Å².